The largest absolute Gasteiger partial charge is 0.496 e. The number of fused-ring (bicyclic) bond motifs is 1. The molecule has 0 saturated carbocycles. The molecular formula is C21H17F2NO5. The summed E-state index contributed by atoms with van der Waals surface area (Å²) in [7, 11) is 1.44. The number of methoxy groups -OCH3 is 1. The van der Waals surface area contributed by atoms with Crippen LogP contribution in [0.15, 0.2) is 60.7 Å². The topological polar surface area (TPSA) is 73.9 Å². The van der Waals surface area contributed by atoms with E-state index in [2.05, 4.69) is 10.1 Å². The maximum absolute atomic E-state index is 12.4. The van der Waals surface area contributed by atoms with Gasteiger partial charge in [0.1, 0.15) is 17.1 Å². The molecule has 1 N–H and O–H groups in total. The van der Waals surface area contributed by atoms with Gasteiger partial charge in [-0.15, -0.1) is 0 Å². The van der Waals surface area contributed by atoms with Gasteiger partial charge in [-0.05, 0) is 47.2 Å². The van der Waals surface area contributed by atoms with Crippen molar-refractivity contribution in [1.82, 2.24) is 0 Å². The number of benzene rings is 3. The molecule has 3 aromatic rings. The Morgan fingerprint density at radius 3 is 2.28 bits per heavy atom. The number of nitrogens with one attached hydrogen (secondary N) is 1. The molecule has 6 nitrogen and oxygen atoms in total. The number of ether oxygens (including phenoxy) is 3. The third kappa shape index (κ3) is 5.19. The molecule has 0 bridgehead atoms. The molecule has 0 aliphatic rings. The maximum atomic E-state index is 12.4. The predicted octanol–water partition coefficient (Wildman–Crippen LogP) is 4.25. The van der Waals surface area contributed by atoms with Gasteiger partial charge in [-0.25, -0.2) is 4.79 Å². The van der Waals surface area contributed by atoms with Crippen LogP contribution in [0.5, 0.6) is 11.5 Å². The minimum absolute atomic E-state index is 0.0344. The van der Waals surface area contributed by atoms with Crippen LogP contribution in [0.3, 0.4) is 0 Å². The summed E-state index contributed by atoms with van der Waals surface area (Å²) >= 11 is 0. The summed E-state index contributed by atoms with van der Waals surface area (Å²) in [5.41, 5.74) is 0.545. The van der Waals surface area contributed by atoms with Crippen LogP contribution in [0.25, 0.3) is 10.8 Å². The van der Waals surface area contributed by atoms with E-state index in [4.69, 9.17) is 9.47 Å². The van der Waals surface area contributed by atoms with Gasteiger partial charge in [0.15, 0.2) is 6.61 Å². The van der Waals surface area contributed by atoms with E-state index in [1.807, 2.05) is 24.3 Å². The van der Waals surface area contributed by atoms with E-state index in [9.17, 15) is 18.4 Å². The third-order valence-electron chi connectivity index (χ3n) is 3.99. The molecule has 0 saturated heterocycles. The molecule has 0 spiro atoms. The van der Waals surface area contributed by atoms with Gasteiger partial charge >= 0.3 is 12.6 Å². The number of anilines is 1. The highest BCUT2D eigenvalue weighted by Gasteiger charge is 2.17. The Balaban J connectivity index is 1.61. The fourth-order valence-corrected chi connectivity index (χ4v) is 2.67. The predicted molar refractivity (Wildman–Crippen MR) is 102 cm³/mol. The highest BCUT2D eigenvalue weighted by atomic mass is 19.3. The van der Waals surface area contributed by atoms with Crippen molar-refractivity contribution in [2.24, 2.45) is 0 Å². The fraction of sp³-hybridized carbons (Fsp3) is 0.143. The van der Waals surface area contributed by atoms with Gasteiger partial charge in [0.05, 0.1) is 7.11 Å². The van der Waals surface area contributed by atoms with Crippen molar-refractivity contribution in [3.63, 3.8) is 0 Å². The molecule has 0 aliphatic carbocycles. The summed E-state index contributed by atoms with van der Waals surface area (Å²) in [4.78, 5) is 24.4. The first-order chi connectivity index (χ1) is 14.0. The average Bonchev–Trinajstić information content (AvgIpc) is 2.72. The Kier molecular flexibility index (Phi) is 6.23. The zero-order valence-electron chi connectivity index (χ0n) is 15.4. The fourth-order valence-electron chi connectivity index (χ4n) is 2.67. The molecule has 0 aromatic heterocycles. The van der Waals surface area contributed by atoms with E-state index in [0.717, 1.165) is 10.8 Å². The summed E-state index contributed by atoms with van der Waals surface area (Å²) in [6.45, 7) is -3.45. The molecule has 150 valence electrons. The molecule has 29 heavy (non-hydrogen) atoms. The second kappa shape index (κ2) is 9.01. The average molecular weight is 401 g/mol. The molecule has 1 amide bonds. The number of alkyl halides is 2. The number of hydrogen-bond acceptors (Lipinski definition) is 5. The lowest BCUT2D eigenvalue weighted by atomic mass is 10.1. The van der Waals surface area contributed by atoms with E-state index in [-0.39, 0.29) is 11.3 Å². The number of amides is 1. The zero-order chi connectivity index (χ0) is 20.8. The summed E-state index contributed by atoms with van der Waals surface area (Å²) in [5, 5.41) is 4.23. The number of carbonyl (C=O) groups is 2. The highest BCUT2D eigenvalue weighted by Crippen LogP contribution is 2.26. The summed E-state index contributed by atoms with van der Waals surface area (Å²) in [6, 6.07) is 16.2. The van der Waals surface area contributed by atoms with Gasteiger partial charge in [0.25, 0.3) is 5.91 Å². The first kappa shape index (κ1) is 20.1. The minimum atomic E-state index is -2.93. The van der Waals surface area contributed by atoms with Crippen LogP contribution in [0.1, 0.15) is 10.4 Å². The quantitative estimate of drug-likeness (QED) is 0.600. The Bertz CT molecular complexity index is 1020. The standard InChI is InChI=1S/C21H17F2NO5/c1-27-18-11-14-5-3-2-4-13(14)10-17(18)20(26)28-12-19(25)24-15-6-8-16(9-7-15)29-21(22)23/h2-11,21H,12H2,1H3,(H,24,25). The lowest BCUT2D eigenvalue weighted by Gasteiger charge is -2.11. The van der Waals surface area contributed by atoms with Crippen molar-refractivity contribution in [3.05, 3.63) is 66.2 Å². The van der Waals surface area contributed by atoms with Crippen LogP contribution in [0.4, 0.5) is 14.5 Å². The number of hydrogen-bond donors (Lipinski definition) is 1. The Morgan fingerprint density at radius 2 is 1.66 bits per heavy atom. The molecule has 8 heteroatoms. The monoisotopic (exact) mass is 401 g/mol. The Labute approximate surface area is 165 Å². The van der Waals surface area contributed by atoms with Gasteiger partial charge in [0.2, 0.25) is 0 Å². The minimum Gasteiger partial charge on any atom is -0.496 e. The molecule has 0 unspecified atom stereocenters. The van der Waals surface area contributed by atoms with Gasteiger partial charge in [-0.2, -0.15) is 8.78 Å². The van der Waals surface area contributed by atoms with Crippen molar-refractivity contribution in [2.45, 2.75) is 6.61 Å². The molecule has 0 aliphatic heterocycles. The van der Waals surface area contributed by atoms with Crippen molar-refractivity contribution in [3.8, 4) is 11.5 Å². The molecule has 0 heterocycles. The van der Waals surface area contributed by atoms with Crippen LogP contribution in [-0.4, -0.2) is 32.2 Å². The lowest BCUT2D eigenvalue weighted by Crippen LogP contribution is -2.21. The lowest BCUT2D eigenvalue weighted by molar-refractivity contribution is -0.119. The highest BCUT2D eigenvalue weighted by molar-refractivity contribution is 6.00. The second-order valence-electron chi connectivity index (χ2n) is 5.93. The van der Waals surface area contributed by atoms with Crippen LogP contribution < -0.4 is 14.8 Å². The van der Waals surface area contributed by atoms with Crippen molar-refractivity contribution >= 4 is 28.3 Å². The van der Waals surface area contributed by atoms with Gasteiger partial charge in [-0.1, -0.05) is 24.3 Å². The SMILES string of the molecule is COc1cc2ccccc2cc1C(=O)OCC(=O)Nc1ccc(OC(F)F)cc1. The van der Waals surface area contributed by atoms with Crippen molar-refractivity contribution in [2.75, 3.05) is 19.0 Å². The first-order valence-corrected chi connectivity index (χ1v) is 8.55. The van der Waals surface area contributed by atoms with Crippen molar-refractivity contribution < 1.29 is 32.6 Å². The smallest absolute Gasteiger partial charge is 0.387 e. The van der Waals surface area contributed by atoms with Gasteiger partial charge < -0.3 is 19.5 Å². The third-order valence-corrected chi connectivity index (χ3v) is 3.99. The molecule has 3 aromatic carbocycles. The van der Waals surface area contributed by atoms with Gasteiger partial charge in [0, 0.05) is 5.69 Å². The number of esters is 1. The van der Waals surface area contributed by atoms with Crippen LogP contribution in [-0.2, 0) is 9.53 Å². The number of halogens is 2. The van der Waals surface area contributed by atoms with E-state index in [1.54, 1.807) is 12.1 Å². The normalized spacial score (nSPS) is 10.6. The number of carbonyl (C=O) groups excluding carboxylic acids is 2. The van der Waals surface area contributed by atoms with E-state index in [0.29, 0.717) is 11.4 Å². The second-order valence-corrected chi connectivity index (χ2v) is 5.93. The molecular weight excluding hydrogens is 384 g/mol. The number of rotatable bonds is 7. The van der Waals surface area contributed by atoms with Gasteiger partial charge in [-0.3, -0.25) is 4.79 Å². The van der Waals surface area contributed by atoms with Crippen molar-refractivity contribution in [1.29, 1.82) is 0 Å². The summed E-state index contributed by atoms with van der Waals surface area (Å²) in [6.07, 6.45) is 0. The van der Waals surface area contributed by atoms with Crippen LogP contribution in [0, 0.1) is 0 Å². The molecule has 0 atom stereocenters. The zero-order valence-corrected chi connectivity index (χ0v) is 15.4. The molecule has 3 rings (SSSR count). The first-order valence-electron chi connectivity index (χ1n) is 8.55. The van der Waals surface area contributed by atoms with E-state index < -0.39 is 25.1 Å². The molecule has 0 radical (unpaired) electrons. The maximum Gasteiger partial charge on any atom is 0.387 e. The summed E-state index contributed by atoms with van der Waals surface area (Å²) < 4.78 is 38.8. The summed E-state index contributed by atoms with van der Waals surface area (Å²) in [5.74, 6) is -0.986. The van der Waals surface area contributed by atoms with E-state index in [1.165, 1.54) is 31.4 Å². The van der Waals surface area contributed by atoms with Crippen LogP contribution in [0.2, 0.25) is 0 Å². The Hall–Kier alpha value is -3.68. The van der Waals surface area contributed by atoms with Crippen LogP contribution >= 0.6 is 0 Å². The Morgan fingerprint density at radius 1 is 1.00 bits per heavy atom. The molecule has 0 fully saturated rings. The van der Waals surface area contributed by atoms with E-state index >= 15 is 0 Å².